The van der Waals surface area contributed by atoms with Crippen LogP contribution < -0.4 is 5.32 Å². The third kappa shape index (κ3) is 4.73. The highest BCUT2D eigenvalue weighted by atomic mass is 35.5. The van der Waals surface area contributed by atoms with Crippen LogP contribution in [-0.4, -0.2) is 68.2 Å². The first kappa shape index (κ1) is 20.4. The van der Waals surface area contributed by atoms with E-state index in [0.717, 1.165) is 51.6 Å². The van der Waals surface area contributed by atoms with E-state index >= 15 is 0 Å². The van der Waals surface area contributed by atoms with E-state index in [2.05, 4.69) is 15.2 Å². The van der Waals surface area contributed by atoms with Crippen LogP contribution in [0, 0.1) is 5.82 Å². The zero-order valence-corrected chi connectivity index (χ0v) is 17.1. The molecule has 0 saturated carbocycles. The third-order valence-corrected chi connectivity index (χ3v) is 6.16. The number of guanidine groups is 1. The number of aliphatic imine (C=N–C) groups is 1. The van der Waals surface area contributed by atoms with Gasteiger partial charge in [-0.2, -0.15) is 0 Å². The zero-order chi connectivity index (χ0) is 19.3. The highest BCUT2D eigenvalue weighted by Gasteiger charge is 2.39. The van der Waals surface area contributed by atoms with Crippen molar-refractivity contribution >= 4 is 17.6 Å². The minimum atomic E-state index is -0.289. The summed E-state index contributed by atoms with van der Waals surface area (Å²) in [6.45, 7) is 5.10. The summed E-state index contributed by atoms with van der Waals surface area (Å²) in [5.41, 5.74) is 0.603. The number of halogens is 2. The van der Waals surface area contributed by atoms with E-state index in [-0.39, 0.29) is 11.4 Å². The maximum Gasteiger partial charge on any atom is 0.193 e. The molecule has 3 rings (SSSR count). The number of hydrogen-bond acceptors (Lipinski definition) is 3. The van der Waals surface area contributed by atoms with Gasteiger partial charge in [0.05, 0.1) is 0 Å². The first-order valence-electron chi connectivity index (χ1n) is 9.73. The quantitative estimate of drug-likeness (QED) is 0.613. The minimum Gasteiger partial charge on any atom is -0.381 e. The fourth-order valence-electron chi connectivity index (χ4n) is 4.17. The molecule has 0 aromatic heterocycles. The van der Waals surface area contributed by atoms with Gasteiger partial charge in [-0.1, -0.05) is 17.7 Å². The Morgan fingerprint density at radius 1 is 1.33 bits per heavy atom. The van der Waals surface area contributed by atoms with E-state index in [1.807, 2.05) is 11.9 Å². The summed E-state index contributed by atoms with van der Waals surface area (Å²) in [5, 5.41) is 3.97. The third-order valence-electron chi connectivity index (χ3n) is 5.81. The Bertz CT molecular complexity index is 637. The molecule has 27 heavy (non-hydrogen) atoms. The average molecular weight is 397 g/mol. The summed E-state index contributed by atoms with van der Waals surface area (Å²) in [5.74, 6) is 0.460. The molecule has 150 valence electrons. The second kappa shape index (κ2) is 9.22. The van der Waals surface area contributed by atoms with Crippen molar-refractivity contribution in [1.82, 2.24) is 15.1 Å². The van der Waals surface area contributed by atoms with Gasteiger partial charge in [-0.05, 0) is 50.9 Å². The molecule has 0 spiro atoms. The molecule has 2 heterocycles. The normalized spacial score (nSPS) is 20.7. The van der Waals surface area contributed by atoms with Gasteiger partial charge in [0.15, 0.2) is 5.96 Å². The molecule has 2 fully saturated rings. The van der Waals surface area contributed by atoms with Crippen LogP contribution in [0.2, 0.25) is 5.02 Å². The van der Waals surface area contributed by atoms with E-state index < -0.39 is 0 Å². The van der Waals surface area contributed by atoms with Gasteiger partial charge in [-0.25, -0.2) is 4.39 Å². The van der Waals surface area contributed by atoms with Crippen molar-refractivity contribution in [3.8, 4) is 0 Å². The van der Waals surface area contributed by atoms with E-state index in [0.29, 0.717) is 17.1 Å². The predicted octanol–water partition coefficient (Wildman–Crippen LogP) is 3.13. The molecule has 0 aliphatic carbocycles. The highest BCUT2D eigenvalue weighted by molar-refractivity contribution is 6.31. The van der Waals surface area contributed by atoms with Crippen LogP contribution in [0.4, 0.5) is 4.39 Å². The number of nitrogens with one attached hydrogen (secondary N) is 1. The van der Waals surface area contributed by atoms with Crippen LogP contribution >= 0.6 is 11.6 Å². The van der Waals surface area contributed by atoms with Gasteiger partial charge < -0.3 is 15.0 Å². The van der Waals surface area contributed by atoms with Crippen molar-refractivity contribution in [2.75, 3.05) is 46.9 Å². The molecular weight excluding hydrogens is 367 g/mol. The maximum atomic E-state index is 14.1. The monoisotopic (exact) mass is 396 g/mol. The molecule has 0 unspecified atom stereocenters. The van der Waals surface area contributed by atoms with Crippen LogP contribution in [0.3, 0.4) is 0 Å². The Morgan fingerprint density at radius 2 is 2.04 bits per heavy atom. The summed E-state index contributed by atoms with van der Waals surface area (Å²) in [7, 11) is 3.67. The number of hydrogen-bond donors (Lipinski definition) is 1. The second-order valence-corrected chi connectivity index (χ2v) is 7.90. The van der Waals surface area contributed by atoms with Crippen LogP contribution in [-0.2, 0) is 11.3 Å². The average Bonchev–Trinajstić information content (AvgIpc) is 3.21. The molecule has 2 saturated heterocycles. The lowest BCUT2D eigenvalue weighted by Crippen LogP contribution is -2.58. The Labute approximate surface area is 166 Å². The van der Waals surface area contributed by atoms with Crippen molar-refractivity contribution in [2.45, 2.75) is 37.8 Å². The van der Waals surface area contributed by atoms with E-state index in [4.69, 9.17) is 16.3 Å². The minimum absolute atomic E-state index is 0.112. The fourth-order valence-corrected chi connectivity index (χ4v) is 4.39. The fraction of sp³-hybridized carbons (Fsp3) is 0.650. The Kier molecular flexibility index (Phi) is 6.95. The zero-order valence-electron chi connectivity index (χ0n) is 16.3. The number of ether oxygens (including phenoxy) is 1. The van der Waals surface area contributed by atoms with Crippen molar-refractivity contribution in [2.24, 2.45) is 4.99 Å². The summed E-state index contributed by atoms with van der Waals surface area (Å²) >= 11 is 6.18. The predicted molar refractivity (Wildman–Crippen MR) is 108 cm³/mol. The van der Waals surface area contributed by atoms with E-state index in [1.165, 1.54) is 18.9 Å². The molecule has 0 atom stereocenters. The highest BCUT2D eigenvalue weighted by Crippen LogP contribution is 2.31. The number of benzene rings is 1. The maximum absolute atomic E-state index is 14.1. The standard InChI is InChI=1S/C20H30ClFN4O/c1-23-19(25(2)14-16-17(21)6-5-7-18(16)22)24-15-20(8-12-27-13-9-20)26-10-3-4-11-26/h5-7H,3-4,8-15H2,1-2H3,(H,23,24). The Balaban J connectivity index is 1.66. The first-order chi connectivity index (χ1) is 13.1. The Hall–Kier alpha value is -1.37. The van der Waals surface area contributed by atoms with Gasteiger partial charge in [0.25, 0.3) is 0 Å². The lowest BCUT2D eigenvalue weighted by molar-refractivity contribution is -0.0166. The van der Waals surface area contributed by atoms with Crippen LogP contribution in [0.5, 0.6) is 0 Å². The summed E-state index contributed by atoms with van der Waals surface area (Å²) in [6.07, 6.45) is 4.59. The molecule has 1 N–H and O–H groups in total. The molecule has 0 radical (unpaired) electrons. The van der Waals surface area contributed by atoms with Gasteiger partial charge in [0.2, 0.25) is 0 Å². The SMILES string of the molecule is CN=C(NCC1(N2CCCC2)CCOCC1)N(C)Cc1c(F)cccc1Cl. The lowest BCUT2D eigenvalue weighted by Gasteiger charge is -2.45. The topological polar surface area (TPSA) is 40.1 Å². The van der Waals surface area contributed by atoms with Gasteiger partial charge in [0, 0.05) is 56.5 Å². The smallest absolute Gasteiger partial charge is 0.193 e. The van der Waals surface area contributed by atoms with Gasteiger partial charge in [-0.15, -0.1) is 0 Å². The van der Waals surface area contributed by atoms with Crippen LogP contribution in [0.15, 0.2) is 23.2 Å². The van der Waals surface area contributed by atoms with Gasteiger partial charge in [0.1, 0.15) is 5.82 Å². The number of likely N-dealkylation sites (tertiary alicyclic amines) is 1. The molecule has 0 amide bonds. The summed E-state index contributed by atoms with van der Waals surface area (Å²) < 4.78 is 19.7. The lowest BCUT2D eigenvalue weighted by atomic mass is 9.88. The van der Waals surface area contributed by atoms with Gasteiger partial charge in [-0.3, -0.25) is 9.89 Å². The molecule has 7 heteroatoms. The van der Waals surface area contributed by atoms with Gasteiger partial charge >= 0.3 is 0 Å². The molecular formula is C20H30ClFN4O. The Morgan fingerprint density at radius 3 is 2.67 bits per heavy atom. The first-order valence-corrected chi connectivity index (χ1v) is 10.1. The van der Waals surface area contributed by atoms with E-state index in [1.54, 1.807) is 19.2 Å². The largest absolute Gasteiger partial charge is 0.381 e. The molecule has 2 aliphatic rings. The van der Waals surface area contributed by atoms with Crippen molar-refractivity contribution in [3.05, 3.63) is 34.6 Å². The molecule has 0 bridgehead atoms. The number of nitrogens with zero attached hydrogens (tertiary/aromatic N) is 3. The number of rotatable bonds is 5. The second-order valence-electron chi connectivity index (χ2n) is 7.49. The van der Waals surface area contributed by atoms with Crippen LogP contribution in [0.1, 0.15) is 31.2 Å². The van der Waals surface area contributed by atoms with Crippen molar-refractivity contribution in [3.63, 3.8) is 0 Å². The molecule has 5 nitrogen and oxygen atoms in total. The van der Waals surface area contributed by atoms with Crippen molar-refractivity contribution in [1.29, 1.82) is 0 Å². The van der Waals surface area contributed by atoms with E-state index in [9.17, 15) is 4.39 Å². The summed E-state index contributed by atoms with van der Waals surface area (Å²) in [4.78, 5) is 8.93. The molecule has 1 aromatic rings. The molecule has 2 aliphatic heterocycles. The summed E-state index contributed by atoms with van der Waals surface area (Å²) in [6, 6.07) is 4.78. The van der Waals surface area contributed by atoms with Crippen molar-refractivity contribution < 1.29 is 9.13 Å². The van der Waals surface area contributed by atoms with Crippen LogP contribution in [0.25, 0.3) is 0 Å². The molecule has 1 aromatic carbocycles.